The molecule has 0 aliphatic rings. The van der Waals surface area contributed by atoms with Crippen LogP contribution in [0.3, 0.4) is 0 Å². The summed E-state index contributed by atoms with van der Waals surface area (Å²) < 4.78 is 6.50. The van der Waals surface area contributed by atoms with E-state index in [9.17, 15) is 4.79 Å². The summed E-state index contributed by atoms with van der Waals surface area (Å²) in [6.45, 7) is 0. The highest BCUT2D eigenvalue weighted by Gasteiger charge is 2.15. The number of nitrogens with zero attached hydrogens (tertiary/aromatic N) is 1. The number of carbonyl (C=O) groups is 1. The van der Waals surface area contributed by atoms with Crippen LogP contribution in [0.4, 0.5) is 0 Å². The fourth-order valence-corrected chi connectivity index (χ4v) is 2.22. The van der Waals surface area contributed by atoms with Crippen molar-refractivity contribution in [2.45, 2.75) is 0 Å². The number of hydrogen-bond acceptors (Lipinski definition) is 3. The lowest BCUT2D eigenvalue weighted by Gasteiger charge is -2.00. The molecule has 0 spiro atoms. The summed E-state index contributed by atoms with van der Waals surface area (Å²) in [5.41, 5.74) is 1.96. The van der Waals surface area contributed by atoms with E-state index in [0.29, 0.717) is 22.6 Å². The van der Waals surface area contributed by atoms with E-state index in [4.69, 9.17) is 9.52 Å². The van der Waals surface area contributed by atoms with Gasteiger partial charge in [-0.1, -0.05) is 28.1 Å². The second-order valence-electron chi connectivity index (χ2n) is 3.98. The van der Waals surface area contributed by atoms with Gasteiger partial charge in [0.15, 0.2) is 5.58 Å². The summed E-state index contributed by atoms with van der Waals surface area (Å²) in [7, 11) is 0. The van der Waals surface area contributed by atoms with Gasteiger partial charge in [-0.15, -0.1) is 0 Å². The van der Waals surface area contributed by atoms with Gasteiger partial charge in [0.2, 0.25) is 5.89 Å². The van der Waals surface area contributed by atoms with Crippen molar-refractivity contribution in [3.8, 4) is 11.5 Å². The minimum atomic E-state index is -1.00. The number of halogens is 1. The average molecular weight is 318 g/mol. The highest BCUT2D eigenvalue weighted by molar-refractivity contribution is 9.10. The molecule has 0 fully saturated rings. The third kappa shape index (κ3) is 2.13. The number of oxazole rings is 1. The van der Waals surface area contributed by atoms with Gasteiger partial charge in [-0.25, -0.2) is 9.78 Å². The molecule has 0 saturated carbocycles. The number of carboxylic acids is 1. The van der Waals surface area contributed by atoms with Crippen molar-refractivity contribution in [3.63, 3.8) is 0 Å². The van der Waals surface area contributed by atoms with Crippen molar-refractivity contribution in [2.75, 3.05) is 0 Å². The molecule has 1 aromatic heterocycles. The number of rotatable bonds is 2. The highest BCUT2D eigenvalue weighted by Crippen LogP contribution is 2.28. The standard InChI is InChI=1S/C14H8BrNO3/c15-8-5-6-12-11(7-8)16-13(19-12)9-3-1-2-4-10(9)14(17)18/h1-7H,(H,17,18). The maximum absolute atomic E-state index is 11.2. The Balaban J connectivity index is 2.22. The van der Waals surface area contributed by atoms with Gasteiger partial charge in [0, 0.05) is 4.47 Å². The van der Waals surface area contributed by atoms with Gasteiger partial charge in [-0.3, -0.25) is 0 Å². The van der Waals surface area contributed by atoms with Crippen molar-refractivity contribution >= 4 is 33.0 Å². The monoisotopic (exact) mass is 317 g/mol. The fourth-order valence-electron chi connectivity index (χ4n) is 1.87. The van der Waals surface area contributed by atoms with Gasteiger partial charge in [0.1, 0.15) is 5.52 Å². The number of fused-ring (bicyclic) bond motifs is 1. The first-order valence-corrected chi connectivity index (χ1v) is 6.33. The first-order chi connectivity index (χ1) is 9.15. The van der Waals surface area contributed by atoms with Gasteiger partial charge in [0.05, 0.1) is 11.1 Å². The topological polar surface area (TPSA) is 63.3 Å². The molecular weight excluding hydrogens is 310 g/mol. The predicted molar refractivity (Wildman–Crippen MR) is 74.1 cm³/mol. The van der Waals surface area contributed by atoms with E-state index in [-0.39, 0.29) is 5.56 Å². The maximum Gasteiger partial charge on any atom is 0.336 e. The van der Waals surface area contributed by atoms with Crippen LogP contribution < -0.4 is 0 Å². The van der Waals surface area contributed by atoms with E-state index in [1.807, 2.05) is 12.1 Å². The molecule has 4 nitrogen and oxygen atoms in total. The van der Waals surface area contributed by atoms with Crippen molar-refractivity contribution in [1.82, 2.24) is 4.98 Å². The average Bonchev–Trinajstić information content (AvgIpc) is 2.81. The molecule has 94 valence electrons. The molecule has 0 unspecified atom stereocenters. The van der Waals surface area contributed by atoms with Crippen LogP contribution in [0.5, 0.6) is 0 Å². The van der Waals surface area contributed by atoms with E-state index in [1.54, 1.807) is 24.3 Å². The number of aromatic nitrogens is 1. The van der Waals surface area contributed by atoms with E-state index in [0.717, 1.165) is 4.47 Å². The molecule has 0 amide bonds. The molecule has 1 N–H and O–H groups in total. The maximum atomic E-state index is 11.2. The highest BCUT2D eigenvalue weighted by atomic mass is 79.9. The minimum Gasteiger partial charge on any atom is -0.478 e. The van der Waals surface area contributed by atoms with Crippen molar-refractivity contribution in [2.24, 2.45) is 0 Å². The summed E-state index contributed by atoms with van der Waals surface area (Å²) in [5.74, 6) is -0.690. The van der Waals surface area contributed by atoms with Crippen molar-refractivity contribution in [3.05, 3.63) is 52.5 Å². The molecular formula is C14H8BrNO3. The Hall–Kier alpha value is -2.14. The van der Waals surface area contributed by atoms with Crippen molar-refractivity contribution in [1.29, 1.82) is 0 Å². The molecule has 0 atom stereocenters. The SMILES string of the molecule is O=C(O)c1ccccc1-c1nc2cc(Br)ccc2o1. The second-order valence-corrected chi connectivity index (χ2v) is 4.90. The lowest BCUT2D eigenvalue weighted by atomic mass is 10.1. The second kappa shape index (κ2) is 4.51. The summed E-state index contributed by atoms with van der Waals surface area (Å²) >= 11 is 3.36. The Morgan fingerprint density at radius 1 is 1.21 bits per heavy atom. The fraction of sp³-hybridized carbons (Fsp3) is 0. The molecule has 5 heteroatoms. The number of benzene rings is 2. The Labute approximate surface area is 116 Å². The van der Waals surface area contributed by atoms with Crippen LogP contribution in [0, 0.1) is 0 Å². The zero-order chi connectivity index (χ0) is 13.4. The lowest BCUT2D eigenvalue weighted by molar-refractivity contribution is 0.0697. The van der Waals surface area contributed by atoms with Gasteiger partial charge in [-0.05, 0) is 30.3 Å². The Morgan fingerprint density at radius 3 is 2.79 bits per heavy atom. The first kappa shape index (κ1) is 11.9. The van der Waals surface area contributed by atoms with Crippen LogP contribution in [-0.2, 0) is 0 Å². The van der Waals surface area contributed by atoms with Gasteiger partial charge < -0.3 is 9.52 Å². The summed E-state index contributed by atoms with van der Waals surface area (Å²) in [6, 6.07) is 12.1. The Kier molecular flexibility index (Phi) is 2.83. The summed E-state index contributed by atoms with van der Waals surface area (Å²) in [5, 5.41) is 9.17. The van der Waals surface area contributed by atoms with Gasteiger partial charge in [0.25, 0.3) is 0 Å². The van der Waals surface area contributed by atoms with Crippen LogP contribution in [-0.4, -0.2) is 16.1 Å². The molecule has 3 rings (SSSR count). The molecule has 2 aromatic carbocycles. The van der Waals surface area contributed by atoms with E-state index in [2.05, 4.69) is 20.9 Å². The third-order valence-corrected chi connectivity index (χ3v) is 3.23. The largest absolute Gasteiger partial charge is 0.478 e. The van der Waals surface area contributed by atoms with E-state index < -0.39 is 5.97 Å². The molecule has 0 radical (unpaired) electrons. The molecule has 0 saturated heterocycles. The van der Waals surface area contributed by atoms with E-state index >= 15 is 0 Å². The van der Waals surface area contributed by atoms with Crippen LogP contribution in [0.2, 0.25) is 0 Å². The van der Waals surface area contributed by atoms with Crippen LogP contribution >= 0.6 is 15.9 Å². The Morgan fingerprint density at radius 2 is 2.00 bits per heavy atom. The Bertz CT molecular complexity index is 779. The van der Waals surface area contributed by atoms with Gasteiger partial charge >= 0.3 is 5.97 Å². The van der Waals surface area contributed by atoms with Crippen LogP contribution in [0.1, 0.15) is 10.4 Å². The molecule has 0 aliphatic heterocycles. The van der Waals surface area contributed by atoms with E-state index in [1.165, 1.54) is 6.07 Å². The number of hydrogen-bond donors (Lipinski definition) is 1. The third-order valence-electron chi connectivity index (χ3n) is 2.74. The first-order valence-electron chi connectivity index (χ1n) is 5.54. The number of aromatic carboxylic acids is 1. The summed E-state index contributed by atoms with van der Waals surface area (Å²) in [6.07, 6.45) is 0. The predicted octanol–water partition coefficient (Wildman–Crippen LogP) is 3.96. The summed E-state index contributed by atoms with van der Waals surface area (Å²) in [4.78, 5) is 15.5. The molecule has 19 heavy (non-hydrogen) atoms. The van der Waals surface area contributed by atoms with Crippen LogP contribution in [0.25, 0.3) is 22.6 Å². The molecule has 0 bridgehead atoms. The molecule has 3 aromatic rings. The van der Waals surface area contributed by atoms with Crippen LogP contribution in [0.15, 0.2) is 51.4 Å². The molecule has 0 aliphatic carbocycles. The quantitative estimate of drug-likeness (QED) is 0.777. The normalized spacial score (nSPS) is 10.8. The molecule has 1 heterocycles. The smallest absolute Gasteiger partial charge is 0.336 e. The number of carboxylic acid groups (broad SMARTS) is 1. The lowest BCUT2D eigenvalue weighted by Crippen LogP contribution is -1.98. The van der Waals surface area contributed by atoms with Gasteiger partial charge in [-0.2, -0.15) is 0 Å². The zero-order valence-electron chi connectivity index (χ0n) is 9.63. The van der Waals surface area contributed by atoms with Crippen molar-refractivity contribution < 1.29 is 14.3 Å². The zero-order valence-corrected chi connectivity index (χ0v) is 11.2. The minimum absolute atomic E-state index is 0.174.